The molecule has 0 aliphatic heterocycles. The first-order chi connectivity index (χ1) is 19.5. The van der Waals surface area contributed by atoms with Gasteiger partial charge in [-0.1, -0.05) is 79.2 Å². The van der Waals surface area contributed by atoms with Crippen LogP contribution in [0, 0.1) is 6.92 Å². The molecular formula is C32H32KN4O4. The number of benzene rings is 3. The Kier molecular flexibility index (Phi) is 10.7. The second-order valence-corrected chi connectivity index (χ2v) is 9.79. The van der Waals surface area contributed by atoms with Crippen molar-refractivity contribution in [3.8, 4) is 28.3 Å². The van der Waals surface area contributed by atoms with Crippen LogP contribution in [-0.2, 0) is 19.4 Å². The Morgan fingerprint density at radius 2 is 1.61 bits per heavy atom. The second-order valence-electron chi connectivity index (χ2n) is 9.79. The number of rotatable bonds is 10. The SMILES string of the molecule is CCCCc1nc(C)n(Cc2ccc(OC)cc2)c(=O)c1Cc1ccc(-c2ccccc2-c2noc(=O)[nH]2)cc1.[K]. The summed E-state index contributed by atoms with van der Waals surface area (Å²) in [6.45, 7) is 4.49. The number of H-pyrrole nitrogens is 1. The summed E-state index contributed by atoms with van der Waals surface area (Å²) in [5.41, 5.74) is 6.30. The Balaban J connectivity index is 0.00000387. The van der Waals surface area contributed by atoms with Crippen molar-refractivity contribution >= 4 is 51.4 Å². The van der Waals surface area contributed by atoms with Crippen molar-refractivity contribution in [3.63, 3.8) is 0 Å². The van der Waals surface area contributed by atoms with E-state index in [1.165, 1.54) is 0 Å². The maximum absolute atomic E-state index is 13.9. The first kappa shape index (κ1) is 30.9. The zero-order valence-electron chi connectivity index (χ0n) is 23.9. The van der Waals surface area contributed by atoms with E-state index in [1.807, 2.05) is 79.7 Å². The summed E-state index contributed by atoms with van der Waals surface area (Å²) in [6, 6.07) is 23.6. The van der Waals surface area contributed by atoms with Gasteiger partial charge in [-0.05, 0) is 54.2 Å². The van der Waals surface area contributed by atoms with Crippen molar-refractivity contribution in [2.24, 2.45) is 0 Å². The summed E-state index contributed by atoms with van der Waals surface area (Å²) in [6.07, 6.45) is 3.26. The van der Waals surface area contributed by atoms with E-state index in [2.05, 4.69) is 17.1 Å². The van der Waals surface area contributed by atoms with Gasteiger partial charge < -0.3 is 4.74 Å². The van der Waals surface area contributed by atoms with Gasteiger partial charge in [0.05, 0.1) is 19.3 Å². The molecule has 1 N–H and O–H groups in total. The zero-order valence-corrected chi connectivity index (χ0v) is 27.1. The number of aromatic nitrogens is 4. The number of hydrogen-bond acceptors (Lipinski definition) is 6. The third-order valence-corrected chi connectivity index (χ3v) is 7.07. The molecular weight excluding hydrogens is 543 g/mol. The van der Waals surface area contributed by atoms with E-state index in [9.17, 15) is 9.59 Å². The van der Waals surface area contributed by atoms with Crippen LogP contribution in [0.1, 0.15) is 48.0 Å². The van der Waals surface area contributed by atoms with Gasteiger partial charge in [0, 0.05) is 68.9 Å². The van der Waals surface area contributed by atoms with Crippen LogP contribution in [0.3, 0.4) is 0 Å². The summed E-state index contributed by atoms with van der Waals surface area (Å²) >= 11 is 0. The summed E-state index contributed by atoms with van der Waals surface area (Å²) in [7, 11) is 1.64. The quantitative estimate of drug-likeness (QED) is 0.231. The molecule has 3 aromatic carbocycles. The van der Waals surface area contributed by atoms with Crippen LogP contribution < -0.4 is 16.1 Å². The van der Waals surface area contributed by atoms with E-state index in [4.69, 9.17) is 14.2 Å². The number of aromatic amines is 1. The normalized spacial score (nSPS) is 10.8. The Labute approximate surface area is 281 Å². The van der Waals surface area contributed by atoms with E-state index in [0.717, 1.165) is 64.1 Å². The molecule has 0 aliphatic rings. The molecule has 0 spiro atoms. The van der Waals surface area contributed by atoms with Crippen LogP contribution in [-0.4, -0.2) is 78.2 Å². The smallest absolute Gasteiger partial charge is 0.439 e. The van der Waals surface area contributed by atoms with E-state index < -0.39 is 5.76 Å². The predicted octanol–water partition coefficient (Wildman–Crippen LogP) is 5.17. The van der Waals surface area contributed by atoms with Gasteiger partial charge in [-0.25, -0.2) is 9.78 Å². The van der Waals surface area contributed by atoms with Crippen LogP contribution in [0.2, 0.25) is 0 Å². The monoisotopic (exact) mass is 575 g/mol. The molecule has 2 aromatic heterocycles. The van der Waals surface area contributed by atoms with Crippen molar-refractivity contribution in [2.45, 2.75) is 46.1 Å². The molecule has 41 heavy (non-hydrogen) atoms. The van der Waals surface area contributed by atoms with Crippen molar-refractivity contribution in [3.05, 3.63) is 122 Å². The zero-order chi connectivity index (χ0) is 28.1. The standard InChI is InChI=1S/C32H32N4O4.K/c1-4-5-10-29-28(31(37)36(21(2)33-29)20-23-13-17-25(39-3)18-14-23)19-22-11-15-24(16-12-22)26-8-6-7-9-27(26)30-34-32(38)40-35-30;/h6-9,11-18H,4-5,10,19-20H2,1-3H3,(H,34,35,38);. The van der Waals surface area contributed by atoms with Gasteiger partial charge >= 0.3 is 5.76 Å². The molecule has 1 radical (unpaired) electrons. The van der Waals surface area contributed by atoms with Crippen LogP contribution in [0.15, 0.2) is 86.9 Å². The molecule has 0 unspecified atom stereocenters. The van der Waals surface area contributed by atoms with Crippen molar-refractivity contribution in [2.75, 3.05) is 7.11 Å². The molecule has 5 rings (SSSR count). The average molecular weight is 576 g/mol. The van der Waals surface area contributed by atoms with Gasteiger partial charge in [0.25, 0.3) is 5.56 Å². The minimum Gasteiger partial charge on any atom is -0.497 e. The molecule has 9 heteroatoms. The maximum Gasteiger partial charge on any atom is 0.439 e. The number of unbranched alkanes of at least 4 members (excludes halogenated alkanes) is 1. The molecule has 205 valence electrons. The Morgan fingerprint density at radius 1 is 0.927 bits per heavy atom. The van der Waals surface area contributed by atoms with Crippen LogP contribution >= 0.6 is 0 Å². The number of aryl methyl sites for hydroxylation is 2. The van der Waals surface area contributed by atoms with E-state index in [1.54, 1.807) is 11.7 Å². The largest absolute Gasteiger partial charge is 0.497 e. The van der Waals surface area contributed by atoms with Gasteiger partial charge in [-0.3, -0.25) is 18.9 Å². The predicted molar refractivity (Wildman–Crippen MR) is 160 cm³/mol. The molecule has 0 fully saturated rings. The van der Waals surface area contributed by atoms with Crippen LogP contribution in [0.4, 0.5) is 0 Å². The molecule has 0 amide bonds. The fourth-order valence-corrected chi connectivity index (χ4v) is 4.88. The average Bonchev–Trinajstić information content (AvgIpc) is 3.42. The summed E-state index contributed by atoms with van der Waals surface area (Å²) in [5.74, 6) is 1.28. The van der Waals surface area contributed by atoms with Gasteiger partial charge in [0.1, 0.15) is 11.6 Å². The number of hydrogen-bond donors (Lipinski definition) is 1. The molecule has 0 saturated carbocycles. The Hall–Kier alpha value is -3.08. The van der Waals surface area contributed by atoms with E-state index >= 15 is 0 Å². The van der Waals surface area contributed by atoms with Crippen molar-refractivity contribution in [1.82, 2.24) is 19.7 Å². The van der Waals surface area contributed by atoms with Crippen molar-refractivity contribution < 1.29 is 9.26 Å². The molecule has 8 nitrogen and oxygen atoms in total. The minimum absolute atomic E-state index is 0. The van der Waals surface area contributed by atoms with Crippen LogP contribution in [0.5, 0.6) is 5.75 Å². The van der Waals surface area contributed by atoms with Crippen molar-refractivity contribution in [1.29, 1.82) is 0 Å². The maximum atomic E-state index is 13.9. The van der Waals surface area contributed by atoms with Gasteiger partial charge in [-0.15, -0.1) is 0 Å². The van der Waals surface area contributed by atoms with Gasteiger partial charge in [0.15, 0.2) is 5.82 Å². The Morgan fingerprint density at radius 3 is 2.24 bits per heavy atom. The van der Waals surface area contributed by atoms with Gasteiger partial charge in [-0.2, -0.15) is 0 Å². The first-order valence-corrected chi connectivity index (χ1v) is 13.4. The molecule has 0 atom stereocenters. The number of methoxy groups -OCH3 is 1. The molecule has 0 aliphatic carbocycles. The number of nitrogens with zero attached hydrogens (tertiary/aromatic N) is 3. The fourth-order valence-electron chi connectivity index (χ4n) is 4.88. The molecule has 0 saturated heterocycles. The third-order valence-electron chi connectivity index (χ3n) is 7.07. The molecule has 0 bridgehead atoms. The molecule has 5 aromatic rings. The summed E-state index contributed by atoms with van der Waals surface area (Å²) in [5, 5.41) is 3.85. The topological polar surface area (TPSA) is 103 Å². The summed E-state index contributed by atoms with van der Waals surface area (Å²) < 4.78 is 11.7. The van der Waals surface area contributed by atoms with E-state index in [-0.39, 0.29) is 56.9 Å². The summed E-state index contributed by atoms with van der Waals surface area (Å²) in [4.78, 5) is 32.9. The van der Waals surface area contributed by atoms with E-state index in [0.29, 0.717) is 24.6 Å². The number of nitrogens with one attached hydrogen (secondary N) is 1. The Bertz CT molecular complexity index is 1720. The minimum atomic E-state index is -0.594. The third kappa shape index (κ3) is 7.23. The second kappa shape index (κ2) is 14.2. The van der Waals surface area contributed by atoms with Gasteiger partial charge in [0.2, 0.25) is 0 Å². The first-order valence-electron chi connectivity index (χ1n) is 13.4. The molecule has 2 heterocycles. The number of ether oxygens (including phenoxy) is 1. The fraction of sp³-hybridized carbons (Fsp3) is 0.250. The van der Waals surface area contributed by atoms with Crippen LogP contribution in [0.25, 0.3) is 22.5 Å².